The molecule has 0 bridgehead atoms. The normalized spacial score (nSPS) is 11.6. The smallest absolute Gasteiger partial charge is 0.273 e. The molecule has 7 heteroatoms. The van der Waals surface area contributed by atoms with Gasteiger partial charge >= 0.3 is 0 Å². The van der Waals surface area contributed by atoms with Crippen LogP contribution in [0.15, 0.2) is 17.6 Å². The van der Waals surface area contributed by atoms with Gasteiger partial charge in [-0.1, -0.05) is 0 Å². The van der Waals surface area contributed by atoms with Crippen molar-refractivity contribution in [1.82, 2.24) is 9.66 Å². The minimum atomic E-state index is -3.72. The van der Waals surface area contributed by atoms with Crippen molar-refractivity contribution < 1.29 is 8.42 Å². The highest BCUT2D eigenvalue weighted by molar-refractivity contribution is 7.89. The number of hydrogen-bond acceptors (Lipinski definition) is 4. The fraction of sp³-hybridized carbons (Fsp3) is 0.400. The summed E-state index contributed by atoms with van der Waals surface area (Å²) >= 11 is 0. The minimum absolute atomic E-state index is 0.160. The van der Waals surface area contributed by atoms with Crippen LogP contribution in [-0.2, 0) is 10.0 Å². The Balaban J connectivity index is 3.26. The number of rotatable bonds is 2. The number of hydrogen-bond donors (Lipinski definition) is 1. The number of imidazole rings is 1. The Kier molecular flexibility index (Phi) is 2.07. The van der Waals surface area contributed by atoms with E-state index in [0.29, 0.717) is 0 Å². The van der Waals surface area contributed by atoms with Crippen LogP contribution in [0, 0.1) is 0 Å². The van der Waals surface area contributed by atoms with E-state index in [4.69, 9.17) is 5.14 Å². The molecule has 0 unspecified atom stereocenters. The zero-order valence-electron chi connectivity index (χ0n) is 6.80. The number of aromatic nitrogens is 2. The number of nitrogens with zero attached hydrogens (tertiary/aromatic N) is 3. The van der Waals surface area contributed by atoms with E-state index < -0.39 is 10.0 Å². The molecule has 1 aromatic heterocycles. The molecule has 1 heterocycles. The first kappa shape index (κ1) is 9.01. The maximum Gasteiger partial charge on any atom is 0.273 e. The molecule has 0 aliphatic rings. The first-order valence-corrected chi connectivity index (χ1v) is 4.71. The maximum absolute atomic E-state index is 10.9. The average Bonchev–Trinajstić information content (AvgIpc) is 2.30. The van der Waals surface area contributed by atoms with Gasteiger partial charge in [-0.3, -0.25) is 0 Å². The second-order valence-electron chi connectivity index (χ2n) is 2.45. The molecule has 6 nitrogen and oxygen atoms in total. The second kappa shape index (κ2) is 2.76. The molecule has 1 rings (SSSR count). The van der Waals surface area contributed by atoms with E-state index in [1.165, 1.54) is 17.1 Å². The van der Waals surface area contributed by atoms with Crippen LogP contribution in [-0.4, -0.2) is 32.2 Å². The van der Waals surface area contributed by atoms with E-state index in [-0.39, 0.29) is 5.16 Å². The summed E-state index contributed by atoms with van der Waals surface area (Å²) in [5.41, 5.74) is 0. The summed E-state index contributed by atoms with van der Waals surface area (Å²) in [5.74, 6) is 0. The molecule has 0 aliphatic carbocycles. The first-order chi connectivity index (χ1) is 5.43. The van der Waals surface area contributed by atoms with E-state index in [0.717, 1.165) is 0 Å². The Morgan fingerprint density at radius 1 is 1.58 bits per heavy atom. The van der Waals surface area contributed by atoms with Gasteiger partial charge in [0, 0.05) is 26.5 Å². The van der Waals surface area contributed by atoms with Crippen LogP contribution in [0.5, 0.6) is 0 Å². The lowest BCUT2D eigenvalue weighted by atomic mass is 10.9. The van der Waals surface area contributed by atoms with Crippen LogP contribution in [0.3, 0.4) is 0 Å². The highest BCUT2D eigenvalue weighted by Gasteiger charge is 2.15. The van der Waals surface area contributed by atoms with Crippen LogP contribution in [0.2, 0.25) is 0 Å². The van der Waals surface area contributed by atoms with Crippen LogP contribution < -0.4 is 10.1 Å². The topological polar surface area (TPSA) is 81.2 Å². The summed E-state index contributed by atoms with van der Waals surface area (Å²) in [6, 6.07) is 0. The maximum atomic E-state index is 10.9. The van der Waals surface area contributed by atoms with Crippen molar-refractivity contribution in [2.24, 2.45) is 5.14 Å². The summed E-state index contributed by atoms with van der Waals surface area (Å²) < 4.78 is 23.1. The predicted molar refractivity (Wildman–Crippen MR) is 43.7 cm³/mol. The quantitative estimate of drug-likeness (QED) is 0.630. The van der Waals surface area contributed by atoms with Crippen molar-refractivity contribution in [2.45, 2.75) is 5.16 Å². The highest BCUT2D eigenvalue weighted by Crippen LogP contribution is 2.01. The molecule has 2 N–H and O–H groups in total. The van der Waals surface area contributed by atoms with Gasteiger partial charge in [-0.2, -0.15) is 0 Å². The molecule has 68 valence electrons. The molecule has 0 aliphatic heterocycles. The lowest BCUT2D eigenvalue weighted by Gasteiger charge is -2.14. The van der Waals surface area contributed by atoms with Gasteiger partial charge in [0.1, 0.15) is 0 Å². The lowest BCUT2D eigenvalue weighted by Crippen LogP contribution is -2.29. The highest BCUT2D eigenvalue weighted by atomic mass is 32.2. The Bertz CT molecular complexity index is 367. The van der Waals surface area contributed by atoms with Crippen molar-refractivity contribution in [2.75, 3.05) is 19.1 Å². The molecule has 0 atom stereocenters. The Morgan fingerprint density at radius 2 is 2.17 bits per heavy atom. The zero-order valence-corrected chi connectivity index (χ0v) is 7.61. The fourth-order valence-electron chi connectivity index (χ4n) is 0.791. The third-order valence-corrected chi connectivity index (χ3v) is 2.08. The van der Waals surface area contributed by atoms with E-state index >= 15 is 0 Å². The summed E-state index contributed by atoms with van der Waals surface area (Å²) in [6.45, 7) is 0. The second-order valence-corrected chi connectivity index (χ2v) is 3.90. The lowest BCUT2D eigenvalue weighted by molar-refractivity contribution is 0.567. The van der Waals surface area contributed by atoms with Gasteiger partial charge in [-0.05, 0) is 0 Å². The fourth-order valence-corrected chi connectivity index (χ4v) is 1.48. The summed E-state index contributed by atoms with van der Waals surface area (Å²) in [7, 11) is -0.343. The Morgan fingerprint density at radius 3 is 2.50 bits per heavy atom. The first-order valence-electron chi connectivity index (χ1n) is 3.16. The molecule has 0 amide bonds. The van der Waals surface area contributed by atoms with Gasteiger partial charge < -0.3 is 5.01 Å². The van der Waals surface area contributed by atoms with E-state index in [9.17, 15) is 8.42 Å². The summed E-state index contributed by atoms with van der Waals surface area (Å²) in [4.78, 5) is 3.62. The minimum Gasteiger partial charge on any atom is -0.317 e. The third kappa shape index (κ3) is 1.56. The Hall–Kier alpha value is -1.08. The number of sulfonamides is 1. The monoisotopic (exact) mass is 190 g/mol. The van der Waals surface area contributed by atoms with Crippen LogP contribution >= 0.6 is 0 Å². The van der Waals surface area contributed by atoms with Crippen LogP contribution in [0.4, 0.5) is 0 Å². The van der Waals surface area contributed by atoms with Crippen molar-refractivity contribution in [3.05, 3.63) is 12.4 Å². The van der Waals surface area contributed by atoms with Gasteiger partial charge in [0.2, 0.25) is 0 Å². The van der Waals surface area contributed by atoms with Gasteiger partial charge in [0.25, 0.3) is 15.2 Å². The molecule has 0 spiro atoms. The zero-order chi connectivity index (χ0) is 9.35. The van der Waals surface area contributed by atoms with Gasteiger partial charge in [-0.15, -0.1) is 0 Å². The van der Waals surface area contributed by atoms with Crippen LogP contribution in [0.25, 0.3) is 0 Å². The van der Waals surface area contributed by atoms with Crippen molar-refractivity contribution in [1.29, 1.82) is 0 Å². The van der Waals surface area contributed by atoms with E-state index in [1.807, 2.05) is 0 Å². The molecular weight excluding hydrogens is 180 g/mol. The van der Waals surface area contributed by atoms with Gasteiger partial charge in [0.05, 0.1) is 0 Å². The van der Waals surface area contributed by atoms with Crippen molar-refractivity contribution in [3.63, 3.8) is 0 Å². The van der Waals surface area contributed by atoms with Crippen LogP contribution in [0.1, 0.15) is 0 Å². The third-order valence-electron chi connectivity index (χ3n) is 1.27. The Labute approximate surface area is 70.6 Å². The summed E-state index contributed by atoms with van der Waals surface area (Å²) in [6.07, 6.45) is 2.89. The molecule has 0 aromatic carbocycles. The standard InChI is InChI=1S/C5H10N4O2S/c1-8(2)9-4-3-7-5(9)12(6,10)11/h3-4H,1-2H3,(H2,6,10,11). The van der Waals surface area contributed by atoms with Crippen molar-refractivity contribution >= 4 is 10.0 Å². The predicted octanol–water partition coefficient (Wildman–Crippen LogP) is -1.27. The molecule has 0 saturated heterocycles. The molecule has 0 radical (unpaired) electrons. The van der Waals surface area contributed by atoms with E-state index in [1.54, 1.807) is 19.1 Å². The molecular formula is C5H10N4O2S. The molecule has 0 saturated carbocycles. The number of nitrogens with two attached hydrogens (primary N) is 1. The largest absolute Gasteiger partial charge is 0.317 e. The van der Waals surface area contributed by atoms with Gasteiger partial charge in [0.15, 0.2) is 0 Å². The molecule has 0 fully saturated rings. The SMILES string of the molecule is CN(C)n1ccnc1S(N)(=O)=O. The van der Waals surface area contributed by atoms with Crippen molar-refractivity contribution in [3.8, 4) is 0 Å². The number of primary sulfonamides is 1. The van der Waals surface area contributed by atoms with E-state index in [2.05, 4.69) is 4.98 Å². The average molecular weight is 190 g/mol. The molecule has 1 aromatic rings. The summed E-state index contributed by atoms with van der Waals surface area (Å²) in [5, 5.41) is 6.30. The van der Waals surface area contributed by atoms with Gasteiger partial charge in [-0.25, -0.2) is 23.2 Å². The molecule has 12 heavy (non-hydrogen) atoms.